The van der Waals surface area contributed by atoms with Crippen molar-refractivity contribution >= 4 is 27.4 Å². The first-order valence-corrected chi connectivity index (χ1v) is 12.6. The molecule has 0 aliphatic carbocycles. The molecule has 0 spiro atoms. The molecule has 1 aliphatic heterocycles. The van der Waals surface area contributed by atoms with E-state index in [4.69, 9.17) is 4.52 Å². The Labute approximate surface area is 210 Å². The van der Waals surface area contributed by atoms with Crippen molar-refractivity contribution in [3.05, 3.63) is 89.8 Å². The van der Waals surface area contributed by atoms with Crippen LogP contribution in [0.5, 0.6) is 0 Å². The van der Waals surface area contributed by atoms with Crippen LogP contribution in [-0.4, -0.2) is 24.6 Å². The Bertz CT molecular complexity index is 1580. The lowest BCUT2D eigenvalue weighted by Crippen LogP contribution is -2.50. The predicted octanol–water partition coefficient (Wildman–Crippen LogP) is 5.65. The highest BCUT2D eigenvalue weighted by Crippen LogP contribution is 2.38. The number of aryl methyl sites for hydroxylation is 1. The van der Waals surface area contributed by atoms with Gasteiger partial charge in [0, 0.05) is 5.56 Å². The number of fused-ring (bicyclic) bond motifs is 1. The molecule has 1 aromatic heterocycles. The van der Waals surface area contributed by atoms with Gasteiger partial charge in [0.2, 0.25) is 11.7 Å². The molecule has 0 bridgehead atoms. The van der Waals surface area contributed by atoms with E-state index < -0.39 is 27.8 Å². The van der Waals surface area contributed by atoms with Gasteiger partial charge in [0.15, 0.2) is 0 Å². The van der Waals surface area contributed by atoms with E-state index in [9.17, 15) is 26.4 Å². The van der Waals surface area contributed by atoms with Crippen LogP contribution >= 0.6 is 0 Å². The summed E-state index contributed by atoms with van der Waals surface area (Å²) in [5.41, 5.74) is 0.460. The van der Waals surface area contributed by atoms with Crippen molar-refractivity contribution < 1.29 is 30.9 Å². The highest BCUT2D eigenvalue weighted by Gasteiger charge is 2.43. The fourth-order valence-electron chi connectivity index (χ4n) is 3.99. The lowest BCUT2D eigenvalue weighted by molar-refractivity contribution is -0.137. The number of sulfonamides is 1. The zero-order chi connectivity index (χ0) is 26.4. The number of rotatable bonds is 5. The van der Waals surface area contributed by atoms with E-state index in [1.54, 1.807) is 36.4 Å². The first kappa shape index (κ1) is 24.5. The summed E-state index contributed by atoms with van der Waals surface area (Å²) in [6.45, 7) is 1.65. The Hall–Kier alpha value is -4.19. The second kappa shape index (κ2) is 9.04. The summed E-state index contributed by atoms with van der Waals surface area (Å²) < 4.78 is 72.0. The number of halogens is 3. The highest BCUT2D eigenvalue weighted by atomic mass is 32.2. The van der Waals surface area contributed by atoms with E-state index in [2.05, 4.69) is 10.1 Å². The van der Waals surface area contributed by atoms with Crippen molar-refractivity contribution in [2.75, 3.05) is 9.21 Å². The SMILES string of the molecule is CCc1ccc(N2C(=O)N(Cc3nc(-c4cccc(C(F)(F)F)c4)no3)c3ccccc3S2(=O)=O)cc1. The van der Waals surface area contributed by atoms with E-state index in [0.29, 0.717) is 4.31 Å². The molecule has 1 aliphatic rings. The van der Waals surface area contributed by atoms with E-state index >= 15 is 0 Å². The summed E-state index contributed by atoms with van der Waals surface area (Å²) in [6, 6.07) is 16.2. The summed E-state index contributed by atoms with van der Waals surface area (Å²) in [6.07, 6.45) is -3.81. The number of nitrogens with zero attached hydrogens (tertiary/aromatic N) is 4. The largest absolute Gasteiger partial charge is 0.416 e. The molecule has 5 rings (SSSR count). The normalized spacial score (nSPS) is 15.1. The third-order valence-corrected chi connectivity index (χ3v) is 7.62. The van der Waals surface area contributed by atoms with Crippen molar-refractivity contribution in [3.63, 3.8) is 0 Å². The van der Waals surface area contributed by atoms with E-state index in [0.717, 1.165) is 24.1 Å². The summed E-state index contributed by atoms with van der Waals surface area (Å²) in [7, 11) is -4.22. The zero-order valence-electron chi connectivity index (χ0n) is 19.3. The van der Waals surface area contributed by atoms with Crippen LogP contribution < -0.4 is 9.21 Å². The van der Waals surface area contributed by atoms with Gasteiger partial charge in [-0.2, -0.15) is 22.5 Å². The first-order chi connectivity index (χ1) is 17.6. The molecular formula is C25H19F3N4O4S. The fraction of sp³-hybridized carbons (Fsp3) is 0.160. The third-order valence-electron chi connectivity index (χ3n) is 5.87. The molecule has 190 valence electrons. The minimum atomic E-state index is -4.54. The number of amides is 2. The van der Waals surface area contributed by atoms with Crippen LogP contribution in [0.2, 0.25) is 0 Å². The Morgan fingerprint density at radius 2 is 1.70 bits per heavy atom. The van der Waals surface area contributed by atoms with Gasteiger partial charge >= 0.3 is 12.2 Å². The Morgan fingerprint density at radius 1 is 0.973 bits per heavy atom. The van der Waals surface area contributed by atoms with Crippen LogP contribution in [0.4, 0.5) is 29.3 Å². The number of aromatic nitrogens is 2. The average molecular weight is 529 g/mol. The van der Waals surface area contributed by atoms with Gasteiger partial charge in [-0.15, -0.1) is 0 Å². The quantitative estimate of drug-likeness (QED) is 0.332. The Balaban J connectivity index is 1.52. The van der Waals surface area contributed by atoms with Crippen molar-refractivity contribution in [1.82, 2.24) is 10.1 Å². The Kier molecular flexibility index (Phi) is 5.98. The minimum Gasteiger partial charge on any atom is -0.337 e. The molecule has 12 heteroatoms. The van der Waals surface area contributed by atoms with Crippen LogP contribution in [-0.2, 0) is 29.2 Å². The van der Waals surface area contributed by atoms with Gasteiger partial charge < -0.3 is 4.52 Å². The maximum Gasteiger partial charge on any atom is 0.416 e. The molecule has 0 radical (unpaired) electrons. The van der Waals surface area contributed by atoms with Crippen LogP contribution in [0.1, 0.15) is 23.9 Å². The molecule has 2 heterocycles. The van der Waals surface area contributed by atoms with Crippen LogP contribution in [0.3, 0.4) is 0 Å². The van der Waals surface area contributed by atoms with Gasteiger partial charge in [0.1, 0.15) is 11.4 Å². The topological polar surface area (TPSA) is 96.6 Å². The van der Waals surface area contributed by atoms with Crippen molar-refractivity contribution in [3.8, 4) is 11.4 Å². The number of carbonyl (C=O) groups excluding carboxylic acids is 1. The van der Waals surface area contributed by atoms with Gasteiger partial charge in [0.05, 0.1) is 16.9 Å². The third kappa shape index (κ3) is 4.44. The van der Waals surface area contributed by atoms with E-state index in [1.807, 2.05) is 6.92 Å². The summed E-state index contributed by atoms with van der Waals surface area (Å²) in [4.78, 5) is 18.8. The number of benzene rings is 3. The van der Waals surface area contributed by atoms with Crippen molar-refractivity contribution in [2.24, 2.45) is 0 Å². The standard InChI is InChI=1S/C25H19F3N4O4S/c1-2-16-10-12-19(13-11-16)32-24(33)31(20-8-3-4-9-21(20)37(32,34)35)15-22-29-23(30-36-22)17-6-5-7-18(14-17)25(26,27)28/h3-14H,2,15H2,1H3. The van der Waals surface area contributed by atoms with Crippen LogP contribution in [0.15, 0.2) is 82.2 Å². The predicted molar refractivity (Wildman–Crippen MR) is 128 cm³/mol. The second-order valence-electron chi connectivity index (χ2n) is 8.22. The molecule has 8 nitrogen and oxygen atoms in total. The Morgan fingerprint density at radius 3 is 2.41 bits per heavy atom. The number of alkyl halides is 3. The molecule has 0 atom stereocenters. The van der Waals surface area contributed by atoms with Crippen molar-refractivity contribution in [1.29, 1.82) is 0 Å². The van der Waals surface area contributed by atoms with Gasteiger partial charge in [-0.3, -0.25) is 4.90 Å². The van der Waals surface area contributed by atoms with E-state index in [1.165, 1.54) is 29.2 Å². The summed E-state index contributed by atoms with van der Waals surface area (Å²) in [5.74, 6) is -0.186. The van der Waals surface area contributed by atoms with E-state index in [-0.39, 0.29) is 40.1 Å². The number of carbonyl (C=O) groups is 1. The molecule has 3 aromatic carbocycles. The van der Waals surface area contributed by atoms with Crippen LogP contribution in [0.25, 0.3) is 11.4 Å². The maximum absolute atomic E-state index is 13.6. The molecule has 2 amide bonds. The number of anilines is 2. The fourth-order valence-corrected chi connectivity index (χ4v) is 5.58. The monoisotopic (exact) mass is 528 g/mol. The minimum absolute atomic E-state index is 0.0791. The molecule has 37 heavy (non-hydrogen) atoms. The number of hydrogen-bond donors (Lipinski definition) is 0. The molecule has 4 aromatic rings. The first-order valence-electron chi connectivity index (χ1n) is 11.1. The van der Waals surface area contributed by atoms with Gasteiger partial charge in [-0.1, -0.05) is 48.5 Å². The zero-order valence-corrected chi connectivity index (χ0v) is 20.1. The summed E-state index contributed by atoms with van der Waals surface area (Å²) >= 11 is 0. The molecule has 0 fully saturated rings. The van der Waals surface area contributed by atoms with Crippen LogP contribution in [0, 0.1) is 0 Å². The van der Waals surface area contributed by atoms with Crippen molar-refractivity contribution in [2.45, 2.75) is 31.0 Å². The second-order valence-corrected chi connectivity index (χ2v) is 9.97. The van der Waals surface area contributed by atoms with Gasteiger partial charge in [0.25, 0.3) is 10.0 Å². The molecule has 0 N–H and O–H groups in total. The molecule has 0 saturated carbocycles. The summed E-state index contributed by atoms with van der Waals surface area (Å²) in [5, 5.41) is 3.76. The number of urea groups is 1. The van der Waals surface area contributed by atoms with Gasteiger partial charge in [-0.25, -0.2) is 13.2 Å². The average Bonchev–Trinajstić information content (AvgIpc) is 3.35. The highest BCUT2D eigenvalue weighted by molar-refractivity contribution is 7.94. The lowest BCUT2D eigenvalue weighted by Gasteiger charge is -2.35. The smallest absolute Gasteiger partial charge is 0.337 e. The molecule has 0 unspecified atom stereocenters. The van der Waals surface area contributed by atoms with Gasteiger partial charge in [-0.05, 0) is 48.4 Å². The molecular weight excluding hydrogens is 509 g/mol. The molecule has 0 saturated heterocycles. The maximum atomic E-state index is 13.6. The lowest BCUT2D eigenvalue weighted by atomic mass is 10.1. The number of para-hydroxylation sites is 1. The number of hydrogen-bond acceptors (Lipinski definition) is 6.